The molecular weight excluding hydrogens is 294 g/mol. The fourth-order valence-corrected chi connectivity index (χ4v) is 4.34. The highest BCUT2D eigenvalue weighted by Gasteiger charge is 2.36. The van der Waals surface area contributed by atoms with Gasteiger partial charge in [-0.15, -0.1) is 0 Å². The van der Waals surface area contributed by atoms with Gasteiger partial charge in [0.1, 0.15) is 5.75 Å². The van der Waals surface area contributed by atoms with E-state index >= 15 is 0 Å². The molecule has 0 spiro atoms. The normalized spacial score (nSPS) is 13.2. The van der Waals surface area contributed by atoms with Crippen molar-refractivity contribution in [3.63, 3.8) is 0 Å². The molecule has 118 valence electrons. The minimum Gasteiger partial charge on any atom is -0.496 e. The molecule has 1 unspecified atom stereocenters. The molecule has 6 nitrogen and oxygen atoms in total. The van der Waals surface area contributed by atoms with Crippen LogP contribution >= 0.6 is 0 Å². The molecule has 0 aliphatic carbocycles. The number of hydrogen-bond donors (Lipinski definition) is 1. The van der Waals surface area contributed by atoms with Crippen molar-refractivity contribution >= 4 is 15.8 Å². The number of carboxylic acids is 1. The lowest BCUT2D eigenvalue weighted by Gasteiger charge is -2.18. The third-order valence-electron chi connectivity index (χ3n) is 3.32. The van der Waals surface area contributed by atoms with Crippen molar-refractivity contribution in [2.75, 3.05) is 7.11 Å². The van der Waals surface area contributed by atoms with Crippen molar-refractivity contribution in [3.8, 4) is 5.75 Å². The number of hydrogen-bond acceptors (Lipinski definition) is 5. The van der Waals surface area contributed by atoms with Gasteiger partial charge in [-0.1, -0.05) is 13.8 Å². The summed E-state index contributed by atoms with van der Waals surface area (Å²) < 4.78 is 30.0. The second-order valence-electron chi connectivity index (χ2n) is 5.36. The summed E-state index contributed by atoms with van der Waals surface area (Å²) in [5.41, 5.74) is 1.74. The molecule has 0 saturated heterocycles. The van der Waals surface area contributed by atoms with Gasteiger partial charge in [-0.25, -0.2) is 8.42 Å². The first-order valence-corrected chi connectivity index (χ1v) is 8.26. The molecule has 1 aromatic heterocycles. The zero-order valence-corrected chi connectivity index (χ0v) is 13.7. The van der Waals surface area contributed by atoms with Crippen molar-refractivity contribution < 1.29 is 23.1 Å². The lowest BCUT2D eigenvalue weighted by molar-refractivity contribution is -0.137. The van der Waals surface area contributed by atoms with Gasteiger partial charge in [0.15, 0.2) is 15.1 Å². The third kappa shape index (κ3) is 3.72. The van der Waals surface area contributed by atoms with Crippen molar-refractivity contribution in [3.05, 3.63) is 23.0 Å². The lowest BCUT2D eigenvalue weighted by atomic mass is 10.1. The standard InChI is InChI=1S/C14H21NO5S/c1-8(2)13(14(16)17)21(18,19)7-11-10(4)12(20-5)9(3)6-15-11/h6,8,13H,7H2,1-5H3,(H,16,17). The predicted molar refractivity (Wildman–Crippen MR) is 79.1 cm³/mol. The molecule has 0 aliphatic heterocycles. The molecule has 1 atom stereocenters. The fourth-order valence-electron chi connectivity index (χ4n) is 2.35. The summed E-state index contributed by atoms with van der Waals surface area (Å²) >= 11 is 0. The van der Waals surface area contributed by atoms with E-state index in [2.05, 4.69) is 4.98 Å². The molecular formula is C14H21NO5S. The highest BCUT2D eigenvalue weighted by molar-refractivity contribution is 7.92. The Morgan fingerprint density at radius 2 is 1.95 bits per heavy atom. The van der Waals surface area contributed by atoms with Crippen LogP contribution in [0.4, 0.5) is 0 Å². The number of aliphatic carboxylic acids is 1. The van der Waals surface area contributed by atoms with Gasteiger partial charge in [0.05, 0.1) is 18.6 Å². The molecule has 1 rings (SSSR count). The Kier molecular flexibility index (Phi) is 5.33. The molecule has 0 radical (unpaired) electrons. The van der Waals surface area contributed by atoms with Crippen LogP contribution in [0.25, 0.3) is 0 Å². The molecule has 1 N–H and O–H groups in total. The summed E-state index contributed by atoms with van der Waals surface area (Å²) in [6.45, 7) is 6.68. The summed E-state index contributed by atoms with van der Waals surface area (Å²) in [5, 5.41) is 7.71. The smallest absolute Gasteiger partial charge is 0.322 e. The van der Waals surface area contributed by atoms with Gasteiger partial charge in [0.2, 0.25) is 0 Å². The monoisotopic (exact) mass is 315 g/mol. The number of aromatic nitrogens is 1. The van der Waals surface area contributed by atoms with Crippen LogP contribution in [-0.2, 0) is 20.4 Å². The van der Waals surface area contributed by atoms with Gasteiger partial charge in [0.25, 0.3) is 0 Å². The second-order valence-corrected chi connectivity index (χ2v) is 7.48. The molecule has 7 heteroatoms. The van der Waals surface area contributed by atoms with E-state index in [-0.39, 0.29) is 0 Å². The fraction of sp³-hybridized carbons (Fsp3) is 0.571. The summed E-state index contributed by atoms with van der Waals surface area (Å²) in [5.74, 6) is -1.68. The summed E-state index contributed by atoms with van der Waals surface area (Å²) in [4.78, 5) is 15.3. The maximum atomic E-state index is 12.4. The van der Waals surface area contributed by atoms with Gasteiger partial charge < -0.3 is 9.84 Å². The highest BCUT2D eigenvalue weighted by atomic mass is 32.2. The average Bonchev–Trinajstić information content (AvgIpc) is 2.31. The Hall–Kier alpha value is -1.63. The Labute approximate surface area is 125 Å². The van der Waals surface area contributed by atoms with Crippen molar-refractivity contribution in [1.29, 1.82) is 0 Å². The summed E-state index contributed by atoms with van der Waals surface area (Å²) in [7, 11) is -2.35. The number of pyridine rings is 1. The van der Waals surface area contributed by atoms with Crippen LogP contribution in [0, 0.1) is 19.8 Å². The Bertz CT molecular complexity index is 637. The van der Waals surface area contributed by atoms with Crippen LogP contribution in [0.3, 0.4) is 0 Å². The maximum absolute atomic E-state index is 12.4. The average molecular weight is 315 g/mol. The topological polar surface area (TPSA) is 93.6 Å². The number of nitrogens with zero attached hydrogens (tertiary/aromatic N) is 1. The van der Waals surface area contributed by atoms with E-state index in [0.29, 0.717) is 17.0 Å². The lowest BCUT2D eigenvalue weighted by Crippen LogP contribution is -2.36. The second kappa shape index (κ2) is 6.43. The van der Waals surface area contributed by atoms with Crippen LogP contribution in [0.5, 0.6) is 5.75 Å². The van der Waals surface area contributed by atoms with E-state index < -0.39 is 32.7 Å². The van der Waals surface area contributed by atoms with Gasteiger partial charge in [-0.05, 0) is 19.8 Å². The molecule has 1 heterocycles. The molecule has 0 aliphatic rings. The van der Waals surface area contributed by atoms with Gasteiger partial charge in [-0.3, -0.25) is 9.78 Å². The molecule has 21 heavy (non-hydrogen) atoms. The highest BCUT2D eigenvalue weighted by Crippen LogP contribution is 2.26. The van der Waals surface area contributed by atoms with Gasteiger partial charge in [0, 0.05) is 17.3 Å². The molecule has 1 aromatic rings. The quantitative estimate of drug-likeness (QED) is 0.859. The minimum atomic E-state index is -3.85. The van der Waals surface area contributed by atoms with E-state index in [1.165, 1.54) is 13.3 Å². The number of carbonyl (C=O) groups is 1. The molecule has 0 saturated carbocycles. The van der Waals surface area contributed by atoms with E-state index in [4.69, 9.17) is 9.84 Å². The van der Waals surface area contributed by atoms with Crippen LogP contribution in [0.2, 0.25) is 0 Å². The number of aryl methyl sites for hydroxylation is 1. The Morgan fingerprint density at radius 1 is 1.38 bits per heavy atom. The largest absolute Gasteiger partial charge is 0.496 e. The Morgan fingerprint density at radius 3 is 2.38 bits per heavy atom. The summed E-state index contributed by atoms with van der Waals surface area (Å²) in [6, 6.07) is 0. The van der Waals surface area contributed by atoms with Crippen molar-refractivity contribution in [1.82, 2.24) is 4.98 Å². The van der Waals surface area contributed by atoms with E-state index in [0.717, 1.165) is 5.56 Å². The van der Waals surface area contributed by atoms with E-state index in [1.807, 2.05) is 6.92 Å². The van der Waals surface area contributed by atoms with E-state index in [9.17, 15) is 13.2 Å². The minimum absolute atomic E-state index is 0.323. The number of methoxy groups -OCH3 is 1. The van der Waals surface area contributed by atoms with Crippen LogP contribution in [-0.4, -0.2) is 36.8 Å². The Balaban J connectivity index is 3.24. The van der Waals surface area contributed by atoms with Gasteiger partial charge in [-0.2, -0.15) is 0 Å². The first-order chi connectivity index (χ1) is 9.61. The molecule has 0 amide bonds. The zero-order valence-electron chi connectivity index (χ0n) is 12.9. The number of rotatable bonds is 6. The zero-order chi connectivity index (χ0) is 16.4. The SMILES string of the molecule is COc1c(C)cnc(CS(=O)(=O)C(C(=O)O)C(C)C)c1C. The predicted octanol–water partition coefficient (Wildman–Crippen LogP) is 1.73. The van der Waals surface area contributed by atoms with Crippen molar-refractivity contribution in [2.45, 2.75) is 38.7 Å². The van der Waals surface area contributed by atoms with E-state index in [1.54, 1.807) is 20.8 Å². The number of sulfone groups is 1. The summed E-state index contributed by atoms with van der Waals surface area (Å²) in [6.07, 6.45) is 1.53. The first-order valence-electron chi connectivity index (χ1n) is 6.55. The van der Waals surface area contributed by atoms with Crippen molar-refractivity contribution in [2.24, 2.45) is 5.92 Å². The maximum Gasteiger partial charge on any atom is 0.322 e. The van der Waals surface area contributed by atoms with Crippen LogP contribution < -0.4 is 4.74 Å². The molecule has 0 fully saturated rings. The van der Waals surface area contributed by atoms with Crippen LogP contribution in [0.1, 0.15) is 30.7 Å². The number of carboxylic acid groups (broad SMARTS) is 1. The first kappa shape index (κ1) is 17.4. The molecule has 0 bridgehead atoms. The third-order valence-corrected chi connectivity index (χ3v) is 5.52. The molecule has 0 aromatic carbocycles. The van der Waals surface area contributed by atoms with Gasteiger partial charge >= 0.3 is 5.97 Å². The number of ether oxygens (including phenoxy) is 1. The van der Waals surface area contributed by atoms with Crippen LogP contribution in [0.15, 0.2) is 6.20 Å².